The molecule has 0 aromatic carbocycles. The molecule has 355 valence electrons. The van der Waals surface area contributed by atoms with Crippen LogP contribution in [0.1, 0.15) is 290 Å². The summed E-state index contributed by atoms with van der Waals surface area (Å²) in [4.78, 5) is 30.6. The predicted molar refractivity (Wildman–Crippen MR) is 253 cm³/mol. The Balaban J connectivity index is -0.000000396. The molecule has 0 aliphatic carbocycles. The van der Waals surface area contributed by atoms with Gasteiger partial charge in [0.25, 0.3) is 0 Å². The van der Waals surface area contributed by atoms with E-state index in [1.54, 1.807) is 0 Å². The van der Waals surface area contributed by atoms with Crippen LogP contribution in [0.4, 0.5) is 0 Å². The third-order valence-electron chi connectivity index (χ3n) is 10.9. The van der Waals surface area contributed by atoms with Crippen molar-refractivity contribution in [3.63, 3.8) is 0 Å². The van der Waals surface area contributed by atoms with Gasteiger partial charge in [0.2, 0.25) is 0 Å². The van der Waals surface area contributed by atoms with E-state index in [9.17, 15) is 29.7 Å². The minimum Gasteiger partial charge on any atom is -0.550 e. The molecule has 0 amide bonds. The van der Waals surface area contributed by atoms with Gasteiger partial charge >= 0.3 is 41.7 Å². The van der Waals surface area contributed by atoms with Gasteiger partial charge in [-0.15, -0.1) is 0 Å². The van der Waals surface area contributed by atoms with E-state index in [1.807, 2.05) is 0 Å². The number of rotatable bonds is 45. The van der Waals surface area contributed by atoms with Crippen molar-refractivity contribution >= 4 is 17.9 Å². The maximum absolute atomic E-state index is 10.2. The van der Waals surface area contributed by atoms with Gasteiger partial charge in [-0.3, -0.25) is 0 Å². The summed E-state index contributed by atoms with van der Waals surface area (Å²) in [6, 6.07) is 0. The van der Waals surface area contributed by atoms with Crippen LogP contribution in [0.25, 0.3) is 0 Å². The molecule has 0 saturated carbocycles. The molecule has 0 aromatic heterocycles. The van der Waals surface area contributed by atoms with Crippen LogP contribution in [0.15, 0.2) is 36.5 Å². The summed E-state index contributed by atoms with van der Waals surface area (Å²) in [5, 5.41) is 30.6. The van der Waals surface area contributed by atoms with Gasteiger partial charge < -0.3 is 29.7 Å². The van der Waals surface area contributed by atoms with Gasteiger partial charge in [-0.1, -0.05) is 211 Å². The van der Waals surface area contributed by atoms with Crippen molar-refractivity contribution in [3.8, 4) is 0 Å². The number of allylic oxidation sites excluding steroid dienone is 6. The molecule has 0 fully saturated rings. The summed E-state index contributed by atoms with van der Waals surface area (Å²) in [6.45, 7) is 6.77. The van der Waals surface area contributed by atoms with Crippen molar-refractivity contribution in [1.82, 2.24) is 0 Å². The van der Waals surface area contributed by atoms with E-state index >= 15 is 0 Å². The predicted octanol–water partition coefficient (Wildman–Crippen LogP) is 14.3. The van der Waals surface area contributed by atoms with E-state index in [1.165, 1.54) is 193 Å². The average molecular weight is 984 g/mol. The topological polar surface area (TPSA) is 120 Å². The zero-order valence-electron chi connectivity index (χ0n) is 40.6. The molecular weight excluding hydrogens is 885 g/mol. The summed E-state index contributed by atoms with van der Waals surface area (Å²) in [7, 11) is 0. The Hall–Kier alpha value is -0.993. The molecule has 0 aliphatic rings. The number of carbonyl (C=O) groups excluding carboxylic acids is 3. The molecule has 61 heavy (non-hydrogen) atoms. The monoisotopic (exact) mass is 984 g/mol. The number of aliphatic carboxylic acids is 3. The minimum absolute atomic E-state index is 0. The zero-order chi connectivity index (χ0) is 44.7. The van der Waals surface area contributed by atoms with Crippen LogP contribution in [0.2, 0.25) is 0 Å². The Morgan fingerprint density at radius 1 is 0.262 bits per heavy atom. The van der Waals surface area contributed by atoms with Crippen LogP contribution in [-0.2, 0) is 14.4 Å². The quantitative estimate of drug-likeness (QED) is 0.0443. The van der Waals surface area contributed by atoms with Gasteiger partial charge in [-0.25, -0.2) is 0 Å². The number of carboxylic acid groups (broad SMARTS) is 3. The first-order valence-electron chi connectivity index (χ1n) is 25.9. The average Bonchev–Trinajstić information content (AvgIpc) is 3.22. The van der Waals surface area contributed by atoms with Crippen molar-refractivity contribution in [1.29, 1.82) is 0 Å². The minimum atomic E-state index is -0.914. The molecule has 0 bridgehead atoms. The van der Waals surface area contributed by atoms with E-state index < -0.39 is 17.9 Å². The number of carbonyl (C=O) groups is 3. The molecule has 0 aliphatic heterocycles. The van der Waals surface area contributed by atoms with E-state index in [-0.39, 0.29) is 61.0 Å². The molecule has 0 N–H and O–H groups in total. The third-order valence-corrected chi connectivity index (χ3v) is 10.9. The molecule has 0 rings (SSSR count). The van der Waals surface area contributed by atoms with Gasteiger partial charge in [0.05, 0.1) is 0 Å². The van der Waals surface area contributed by atoms with E-state index in [0.717, 1.165) is 57.8 Å². The number of carboxylic acids is 3. The van der Waals surface area contributed by atoms with E-state index in [2.05, 4.69) is 57.2 Å². The second kappa shape index (κ2) is 63.3. The van der Waals surface area contributed by atoms with Crippen molar-refractivity contribution in [2.75, 3.05) is 0 Å². The van der Waals surface area contributed by atoms with E-state index in [4.69, 9.17) is 0 Å². The fourth-order valence-electron chi connectivity index (χ4n) is 7.02. The van der Waals surface area contributed by atoms with Gasteiger partial charge in [0, 0.05) is 17.9 Å². The van der Waals surface area contributed by atoms with Crippen molar-refractivity contribution in [2.24, 2.45) is 0 Å². The summed E-state index contributed by atoms with van der Waals surface area (Å²) >= 11 is 0. The molecule has 0 atom stereocenters. The maximum Gasteiger partial charge on any atom is 3.00 e. The number of hydrogen-bond donors (Lipinski definition) is 0. The summed E-state index contributed by atoms with van der Waals surface area (Å²) in [6.07, 6.45) is 62.7. The Labute approximate surface area is 413 Å². The van der Waals surface area contributed by atoms with Crippen molar-refractivity contribution < 1.29 is 71.5 Å². The van der Waals surface area contributed by atoms with Gasteiger partial charge in [-0.2, -0.15) is 0 Å². The molecule has 0 heterocycles. The second-order valence-corrected chi connectivity index (χ2v) is 17.1. The molecule has 0 spiro atoms. The molecule has 1 radical (unpaired) electrons. The normalized spacial score (nSPS) is 11.1. The summed E-state index contributed by atoms with van der Waals surface area (Å²) in [5.74, 6) is -2.74. The summed E-state index contributed by atoms with van der Waals surface area (Å²) in [5.41, 5.74) is 0. The van der Waals surface area contributed by atoms with Crippen LogP contribution in [-0.4, -0.2) is 17.9 Å². The summed E-state index contributed by atoms with van der Waals surface area (Å²) < 4.78 is 0. The Kier molecular flexibility index (Phi) is 69.1. The van der Waals surface area contributed by atoms with Crippen LogP contribution in [0.3, 0.4) is 0 Å². The molecule has 6 nitrogen and oxygen atoms in total. The van der Waals surface area contributed by atoms with E-state index in [0.29, 0.717) is 0 Å². The molecule has 0 saturated heterocycles. The Morgan fingerprint density at radius 2 is 0.410 bits per heavy atom. The first kappa shape index (κ1) is 66.6. The van der Waals surface area contributed by atoms with Gasteiger partial charge in [0.15, 0.2) is 0 Å². The molecule has 7 heteroatoms. The molecule has 0 unspecified atom stereocenters. The smallest absolute Gasteiger partial charge is 0.550 e. The maximum atomic E-state index is 10.2. The molecular formula is C54H99CeO6. The molecule has 0 aromatic rings. The van der Waals surface area contributed by atoms with Crippen LogP contribution in [0, 0.1) is 41.7 Å². The first-order valence-corrected chi connectivity index (χ1v) is 25.9. The fourth-order valence-corrected chi connectivity index (χ4v) is 7.02. The van der Waals surface area contributed by atoms with Crippen LogP contribution in [0.5, 0.6) is 0 Å². The number of unbranched alkanes of at least 4 members (excludes halogenated alkanes) is 33. The number of hydrogen-bond acceptors (Lipinski definition) is 6. The Morgan fingerprint density at radius 3 is 0.574 bits per heavy atom. The third kappa shape index (κ3) is 76.7. The standard InChI is InChI=1S/3C18H34O2.Ce/c3*1-2-3-4-5-6-7-8-9-10-11-12-13-14-15-16-17-18(19)20;/h3*9-10H,2-8,11-17H2,1H3,(H,19,20);/q;;;+3/p-3. The zero-order valence-corrected chi connectivity index (χ0v) is 43.8. The largest absolute Gasteiger partial charge is 3.00 e. The SMILES string of the molecule is CCCCCCCCC=CCCCCCCCC(=O)[O-].CCCCCCCCC=CCCCCCCCC(=O)[O-].CCCCCCCCC=CCCCCCCCC(=O)[O-].[Ce+3]. The first-order chi connectivity index (χ1) is 29.3. The van der Waals surface area contributed by atoms with Crippen LogP contribution < -0.4 is 15.3 Å². The van der Waals surface area contributed by atoms with Crippen molar-refractivity contribution in [2.45, 2.75) is 290 Å². The second-order valence-electron chi connectivity index (χ2n) is 17.1. The van der Waals surface area contributed by atoms with Crippen LogP contribution >= 0.6 is 0 Å². The Bertz CT molecular complexity index is 827. The fraction of sp³-hybridized carbons (Fsp3) is 0.833. The van der Waals surface area contributed by atoms with Crippen molar-refractivity contribution in [3.05, 3.63) is 36.5 Å². The van der Waals surface area contributed by atoms with Gasteiger partial charge in [-0.05, 0) is 116 Å². The van der Waals surface area contributed by atoms with Gasteiger partial charge in [0.1, 0.15) is 0 Å².